The maximum Gasteiger partial charge on any atom is 0.310 e. The molecular formula is C21H21F2N3O3. The number of hydrogen-bond donors (Lipinski definition) is 1. The molecule has 1 N–H and O–H groups in total. The standard InChI is InChI=1S/C21H21F2N3O3/c1-2-28-24-21(27)19-8-6-15(29-19)13-26-11-10-25-9-3-4-18(25)20(26)16-7-5-14(22)12-17(16)23/h3-9,12,20H,2,10-11,13H2,1H3,(H,24,27). The molecule has 0 fully saturated rings. The first-order valence-corrected chi connectivity index (χ1v) is 9.41. The fourth-order valence-corrected chi connectivity index (χ4v) is 3.65. The molecule has 29 heavy (non-hydrogen) atoms. The van der Waals surface area contributed by atoms with Crippen molar-refractivity contribution in [3.05, 3.63) is 83.1 Å². The van der Waals surface area contributed by atoms with Crippen LogP contribution < -0.4 is 5.48 Å². The molecular weight excluding hydrogens is 380 g/mol. The normalized spacial score (nSPS) is 16.6. The Bertz CT molecular complexity index is 1010. The number of carbonyl (C=O) groups excluding carboxylic acids is 1. The Kier molecular flexibility index (Phi) is 5.46. The van der Waals surface area contributed by atoms with E-state index in [9.17, 15) is 13.6 Å². The number of halogens is 2. The van der Waals surface area contributed by atoms with Gasteiger partial charge in [-0.15, -0.1) is 0 Å². The summed E-state index contributed by atoms with van der Waals surface area (Å²) in [7, 11) is 0. The Hall–Kier alpha value is -2.97. The first-order valence-electron chi connectivity index (χ1n) is 9.41. The highest BCUT2D eigenvalue weighted by Crippen LogP contribution is 2.35. The van der Waals surface area contributed by atoms with Gasteiger partial charge < -0.3 is 8.98 Å². The van der Waals surface area contributed by atoms with Gasteiger partial charge in [-0.05, 0) is 37.3 Å². The van der Waals surface area contributed by atoms with Crippen molar-refractivity contribution in [2.24, 2.45) is 0 Å². The molecule has 3 heterocycles. The molecule has 4 rings (SSSR count). The molecule has 2 aromatic heterocycles. The minimum absolute atomic E-state index is 0.137. The van der Waals surface area contributed by atoms with Gasteiger partial charge >= 0.3 is 5.91 Å². The van der Waals surface area contributed by atoms with E-state index in [2.05, 4.69) is 14.9 Å². The van der Waals surface area contributed by atoms with Gasteiger partial charge in [0.1, 0.15) is 17.4 Å². The smallest absolute Gasteiger partial charge is 0.310 e. The molecule has 1 atom stereocenters. The van der Waals surface area contributed by atoms with E-state index in [0.717, 1.165) is 18.3 Å². The Morgan fingerprint density at radius 1 is 1.24 bits per heavy atom. The van der Waals surface area contributed by atoms with Crippen LogP contribution in [0, 0.1) is 11.6 Å². The lowest BCUT2D eigenvalue weighted by atomic mass is 9.99. The van der Waals surface area contributed by atoms with E-state index in [1.54, 1.807) is 19.1 Å². The van der Waals surface area contributed by atoms with Crippen LogP contribution in [-0.2, 0) is 17.9 Å². The molecule has 152 valence electrons. The Labute approximate surface area is 166 Å². The molecule has 1 aliphatic heterocycles. The summed E-state index contributed by atoms with van der Waals surface area (Å²) in [5.74, 6) is -0.963. The summed E-state index contributed by atoms with van der Waals surface area (Å²) in [6.07, 6.45) is 1.95. The van der Waals surface area contributed by atoms with Gasteiger partial charge in [0.2, 0.25) is 0 Å². The molecule has 1 aromatic carbocycles. The van der Waals surface area contributed by atoms with Gasteiger partial charge in [0, 0.05) is 36.6 Å². The quantitative estimate of drug-likeness (QED) is 0.641. The maximum absolute atomic E-state index is 14.6. The summed E-state index contributed by atoms with van der Waals surface area (Å²) in [4.78, 5) is 18.9. The zero-order valence-electron chi connectivity index (χ0n) is 15.9. The molecule has 1 aliphatic rings. The van der Waals surface area contributed by atoms with Crippen LogP contribution in [0.1, 0.15) is 40.5 Å². The second-order valence-corrected chi connectivity index (χ2v) is 6.80. The number of aromatic nitrogens is 1. The number of furan rings is 1. The van der Waals surface area contributed by atoms with E-state index >= 15 is 0 Å². The summed E-state index contributed by atoms with van der Waals surface area (Å²) < 4.78 is 35.8. The molecule has 0 saturated carbocycles. The number of amides is 1. The van der Waals surface area contributed by atoms with Crippen LogP contribution in [0.5, 0.6) is 0 Å². The predicted molar refractivity (Wildman–Crippen MR) is 101 cm³/mol. The molecule has 0 bridgehead atoms. The number of nitrogens with zero attached hydrogens (tertiary/aromatic N) is 2. The van der Waals surface area contributed by atoms with Crippen LogP contribution in [0.4, 0.5) is 8.78 Å². The van der Waals surface area contributed by atoms with Crippen LogP contribution in [0.15, 0.2) is 53.1 Å². The highest BCUT2D eigenvalue weighted by atomic mass is 19.1. The number of hydroxylamine groups is 1. The Balaban J connectivity index is 1.61. The number of hydrogen-bond acceptors (Lipinski definition) is 4. The van der Waals surface area contributed by atoms with Crippen LogP contribution in [0.3, 0.4) is 0 Å². The van der Waals surface area contributed by atoms with Crippen molar-refractivity contribution in [1.29, 1.82) is 0 Å². The lowest BCUT2D eigenvalue weighted by Crippen LogP contribution is -2.38. The summed E-state index contributed by atoms with van der Waals surface area (Å²) in [5, 5.41) is 0. The first-order chi connectivity index (χ1) is 14.1. The van der Waals surface area contributed by atoms with Crippen molar-refractivity contribution >= 4 is 5.91 Å². The van der Waals surface area contributed by atoms with Crippen molar-refractivity contribution < 1.29 is 22.8 Å². The Morgan fingerprint density at radius 3 is 2.90 bits per heavy atom. The van der Waals surface area contributed by atoms with Crippen LogP contribution in [0.25, 0.3) is 0 Å². The zero-order chi connectivity index (χ0) is 20.4. The number of fused-ring (bicyclic) bond motifs is 1. The van der Waals surface area contributed by atoms with Gasteiger partial charge in [0.15, 0.2) is 5.76 Å². The number of benzene rings is 1. The maximum atomic E-state index is 14.6. The van der Waals surface area contributed by atoms with Crippen molar-refractivity contribution in [2.45, 2.75) is 26.1 Å². The number of carbonyl (C=O) groups is 1. The van der Waals surface area contributed by atoms with Crippen LogP contribution in [-0.4, -0.2) is 28.5 Å². The third-order valence-electron chi connectivity index (χ3n) is 4.95. The molecule has 0 radical (unpaired) electrons. The van der Waals surface area contributed by atoms with E-state index in [1.807, 2.05) is 18.3 Å². The molecule has 0 saturated heterocycles. The SMILES string of the molecule is CCONC(=O)c1ccc(CN2CCn3cccc3C2c2ccc(F)cc2F)o1. The molecule has 3 aromatic rings. The summed E-state index contributed by atoms with van der Waals surface area (Å²) in [6, 6.07) is 10.4. The minimum Gasteiger partial charge on any atom is -0.454 e. The van der Waals surface area contributed by atoms with Gasteiger partial charge in [-0.2, -0.15) is 0 Å². The fourth-order valence-electron chi connectivity index (χ4n) is 3.65. The lowest BCUT2D eigenvalue weighted by molar-refractivity contribution is 0.0337. The third kappa shape index (κ3) is 3.94. The van der Waals surface area contributed by atoms with Gasteiger partial charge in [-0.1, -0.05) is 6.07 Å². The van der Waals surface area contributed by atoms with Gasteiger partial charge in [-0.3, -0.25) is 14.5 Å². The second-order valence-electron chi connectivity index (χ2n) is 6.80. The Morgan fingerprint density at radius 2 is 2.10 bits per heavy atom. The fraction of sp³-hybridized carbons (Fsp3) is 0.286. The van der Waals surface area contributed by atoms with E-state index in [0.29, 0.717) is 31.0 Å². The first kappa shape index (κ1) is 19.4. The molecule has 0 spiro atoms. The number of rotatable bonds is 6. The van der Waals surface area contributed by atoms with Gasteiger partial charge in [-0.25, -0.2) is 14.3 Å². The van der Waals surface area contributed by atoms with Crippen molar-refractivity contribution in [3.63, 3.8) is 0 Å². The highest BCUT2D eigenvalue weighted by Gasteiger charge is 2.31. The summed E-state index contributed by atoms with van der Waals surface area (Å²) in [6.45, 7) is 3.85. The number of nitrogens with one attached hydrogen (secondary N) is 1. The van der Waals surface area contributed by atoms with Crippen LogP contribution >= 0.6 is 0 Å². The van der Waals surface area contributed by atoms with Crippen molar-refractivity contribution in [3.8, 4) is 0 Å². The molecule has 8 heteroatoms. The topological polar surface area (TPSA) is 59.6 Å². The van der Waals surface area contributed by atoms with Gasteiger partial charge in [0.05, 0.1) is 19.2 Å². The summed E-state index contributed by atoms with van der Waals surface area (Å²) >= 11 is 0. The van der Waals surface area contributed by atoms with Crippen molar-refractivity contribution in [2.75, 3.05) is 13.2 Å². The van der Waals surface area contributed by atoms with E-state index < -0.39 is 23.6 Å². The monoisotopic (exact) mass is 401 g/mol. The average molecular weight is 401 g/mol. The van der Waals surface area contributed by atoms with E-state index in [1.165, 1.54) is 12.1 Å². The summed E-state index contributed by atoms with van der Waals surface area (Å²) in [5.41, 5.74) is 3.60. The average Bonchev–Trinajstić information content (AvgIpc) is 3.36. The van der Waals surface area contributed by atoms with Crippen LogP contribution in [0.2, 0.25) is 0 Å². The van der Waals surface area contributed by atoms with Gasteiger partial charge in [0.25, 0.3) is 0 Å². The third-order valence-corrected chi connectivity index (χ3v) is 4.95. The highest BCUT2D eigenvalue weighted by molar-refractivity contribution is 5.90. The van der Waals surface area contributed by atoms with E-state index in [4.69, 9.17) is 9.25 Å². The van der Waals surface area contributed by atoms with Crippen molar-refractivity contribution in [1.82, 2.24) is 14.9 Å². The van der Waals surface area contributed by atoms with E-state index in [-0.39, 0.29) is 5.76 Å². The molecule has 1 amide bonds. The molecule has 0 aliphatic carbocycles. The minimum atomic E-state index is -0.611. The molecule has 6 nitrogen and oxygen atoms in total. The second kappa shape index (κ2) is 8.18. The lowest BCUT2D eigenvalue weighted by Gasteiger charge is -2.37. The molecule has 1 unspecified atom stereocenters. The predicted octanol–water partition coefficient (Wildman–Crippen LogP) is 3.65. The largest absolute Gasteiger partial charge is 0.454 e. The zero-order valence-corrected chi connectivity index (χ0v) is 15.9.